The molecule has 1 aliphatic rings. The van der Waals surface area contributed by atoms with Crippen molar-refractivity contribution in [2.45, 2.75) is 24.6 Å². The molecule has 0 spiro atoms. The summed E-state index contributed by atoms with van der Waals surface area (Å²) in [4.78, 5) is 11.6. The molecule has 1 saturated heterocycles. The summed E-state index contributed by atoms with van der Waals surface area (Å²) >= 11 is 3.71. The minimum atomic E-state index is 0. The Morgan fingerprint density at radius 1 is 1.69 bits per heavy atom. The van der Waals surface area contributed by atoms with E-state index in [2.05, 4.69) is 23.8 Å². The highest BCUT2D eigenvalue weighted by atomic mass is 35.5. The number of carbonyl (C=O) groups is 1. The van der Waals surface area contributed by atoms with Crippen molar-refractivity contribution in [2.75, 3.05) is 30.9 Å². The van der Waals surface area contributed by atoms with Crippen LogP contribution in [-0.4, -0.2) is 48.0 Å². The molecule has 0 aliphatic carbocycles. The Kier molecular flexibility index (Phi) is 9.70. The lowest BCUT2D eigenvalue weighted by Gasteiger charge is -2.22. The van der Waals surface area contributed by atoms with E-state index in [0.29, 0.717) is 17.7 Å². The number of thioether (sulfide) groups is 2. The maximum Gasteiger partial charge on any atom is 0.221 e. The summed E-state index contributed by atoms with van der Waals surface area (Å²) in [6.45, 7) is 3.93. The molecule has 2 unspecified atom stereocenters. The topological polar surface area (TPSA) is 41.1 Å². The van der Waals surface area contributed by atoms with Crippen molar-refractivity contribution in [2.24, 2.45) is 0 Å². The number of hydrogen-bond donors (Lipinski definition) is 2. The summed E-state index contributed by atoms with van der Waals surface area (Å²) < 4.78 is 0. The number of hydrogen-bond acceptors (Lipinski definition) is 4. The fraction of sp³-hybridized carbons (Fsp3) is 0.900. The first-order valence-electron chi connectivity index (χ1n) is 5.33. The summed E-state index contributed by atoms with van der Waals surface area (Å²) in [6.07, 6.45) is 2.68. The third-order valence-electron chi connectivity index (χ3n) is 2.42. The summed E-state index contributed by atoms with van der Waals surface area (Å²) in [5, 5.41) is 6.84. The molecule has 0 aromatic rings. The van der Waals surface area contributed by atoms with Crippen LogP contribution in [-0.2, 0) is 4.79 Å². The van der Waals surface area contributed by atoms with Gasteiger partial charge >= 0.3 is 0 Å². The van der Waals surface area contributed by atoms with Crippen LogP contribution in [0.2, 0.25) is 0 Å². The Bertz CT molecular complexity index is 201. The predicted molar refractivity (Wildman–Crippen MR) is 77.0 cm³/mol. The van der Waals surface area contributed by atoms with Crippen molar-refractivity contribution in [1.82, 2.24) is 10.6 Å². The fourth-order valence-corrected chi connectivity index (χ4v) is 2.59. The van der Waals surface area contributed by atoms with Gasteiger partial charge in [-0.25, -0.2) is 0 Å². The Hall–Kier alpha value is 0.420. The maximum atomic E-state index is 11.6. The third kappa shape index (κ3) is 6.89. The van der Waals surface area contributed by atoms with Gasteiger partial charge in [0.05, 0.1) is 0 Å². The summed E-state index contributed by atoms with van der Waals surface area (Å²) in [5.41, 5.74) is 0. The molecule has 1 amide bonds. The number of rotatable bonds is 5. The zero-order valence-corrected chi connectivity index (χ0v) is 12.3. The van der Waals surface area contributed by atoms with Crippen LogP contribution in [0, 0.1) is 0 Å². The fourth-order valence-electron chi connectivity index (χ4n) is 1.39. The number of carbonyl (C=O) groups excluding carboxylic acids is 1. The minimum Gasteiger partial charge on any atom is -0.355 e. The first-order valence-corrected chi connectivity index (χ1v) is 7.77. The van der Waals surface area contributed by atoms with E-state index in [9.17, 15) is 4.79 Å². The molecule has 1 aliphatic heterocycles. The molecule has 2 N–H and O–H groups in total. The standard InChI is InChI=1S/C10H20N2OS2.ClH/c1-8(14-2)6-12-10(13)5-9-7-15-4-3-11-9;/h8-9,11H,3-7H2,1-2H3,(H,12,13);1H. The van der Waals surface area contributed by atoms with E-state index in [-0.39, 0.29) is 18.3 Å². The van der Waals surface area contributed by atoms with Gasteiger partial charge in [-0.15, -0.1) is 12.4 Å². The Morgan fingerprint density at radius 3 is 3.00 bits per heavy atom. The molecular formula is C10H21ClN2OS2. The Balaban J connectivity index is 0.00000225. The normalized spacial score (nSPS) is 22.0. The van der Waals surface area contributed by atoms with Crippen LogP contribution in [0.5, 0.6) is 0 Å². The smallest absolute Gasteiger partial charge is 0.221 e. The van der Waals surface area contributed by atoms with E-state index in [1.165, 1.54) is 5.75 Å². The van der Waals surface area contributed by atoms with Crippen molar-refractivity contribution in [3.8, 4) is 0 Å². The predicted octanol–water partition coefficient (Wildman–Crippen LogP) is 1.37. The number of halogens is 1. The summed E-state index contributed by atoms with van der Waals surface area (Å²) in [5.74, 6) is 2.41. The van der Waals surface area contributed by atoms with E-state index in [4.69, 9.17) is 0 Å². The van der Waals surface area contributed by atoms with E-state index >= 15 is 0 Å². The first-order chi connectivity index (χ1) is 7.22. The van der Waals surface area contributed by atoms with Gasteiger partial charge in [0.2, 0.25) is 5.91 Å². The van der Waals surface area contributed by atoms with Gasteiger partial charge < -0.3 is 10.6 Å². The summed E-state index contributed by atoms with van der Waals surface area (Å²) in [7, 11) is 0. The minimum absolute atomic E-state index is 0. The highest BCUT2D eigenvalue weighted by Crippen LogP contribution is 2.10. The third-order valence-corrected chi connectivity index (χ3v) is 4.52. The molecule has 2 atom stereocenters. The zero-order chi connectivity index (χ0) is 11.1. The molecule has 0 bridgehead atoms. The Morgan fingerprint density at radius 2 is 2.44 bits per heavy atom. The monoisotopic (exact) mass is 284 g/mol. The van der Waals surface area contributed by atoms with Gasteiger partial charge in [0, 0.05) is 42.3 Å². The molecule has 0 aromatic carbocycles. The first kappa shape index (κ1) is 16.4. The van der Waals surface area contributed by atoms with E-state index in [0.717, 1.165) is 18.8 Å². The van der Waals surface area contributed by atoms with E-state index < -0.39 is 0 Å². The van der Waals surface area contributed by atoms with Gasteiger partial charge in [-0.05, 0) is 6.26 Å². The second-order valence-electron chi connectivity index (χ2n) is 3.78. The SMILES string of the molecule is CSC(C)CNC(=O)CC1CSCCN1.Cl. The summed E-state index contributed by atoms with van der Waals surface area (Å²) in [6, 6.07) is 0.369. The lowest BCUT2D eigenvalue weighted by molar-refractivity contribution is -0.121. The van der Waals surface area contributed by atoms with Gasteiger partial charge in [0.25, 0.3) is 0 Å². The highest BCUT2D eigenvalue weighted by Gasteiger charge is 2.16. The average molecular weight is 285 g/mol. The molecule has 3 nitrogen and oxygen atoms in total. The molecule has 1 rings (SSSR count). The van der Waals surface area contributed by atoms with Gasteiger partial charge in [-0.2, -0.15) is 23.5 Å². The van der Waals surface area contributed by atoms with Gasteiger partial charge in [-0.1, -0.05) is 6.92 Å². The molecule has 0 radical (unpaired) electrons. The molecular weight excluding hydrogens is 264 g/mol. The van der Waals surface area contributed by atoms with E-state index in [1.807, 2.05) is 11.8 Å². The van der Waals surface area contributed by atoms with Crippen molar-refractivity contribution < 1.29 is 4.79 Å². The van der Waals surface area contributed by atoms with Crippen molar-refractivity contribution >= 4 is 41.8 Å². The van der Waals surface area contributed by atoms with Gasteiger partial charge in [0.1, 0.15) is 0 Å². The van der Waals surface area contributed by atoms with Crippen LogP contribution in [0.1, 0.15) is 13.3 Å². The second-order valence-corrected chi connectivity index (χ2v) is 6.21. The number of nitrogens with one attached hydrogen (secondary N) is 2. The second kappa shape index (κ2) is 9.45. The van der Waals surface area contributed by atoms with Crippen LogP contribution in [0.25, 0.3) is 0 Å². The zero-order valence-electron chi connectivity index (χ0n) is 9.82. The van der Waals surface area contributed by atoms with Crippen LogP contribution in [0.15, 0.2) is 0 Å². The molecule has 1 heterocycles. The molecule has 16 heavy (non-hydrogen) atoms. The Labute approximate surface area is 113 Å². The lowest BCUT2D eigenvalue weighted by atomic mass is 10.2. The quantitative estimate of drug-likeness (QED) is 0.800. The van der Waals surface area contributed by atoms with E-state index in [1.54, 1.807) is 11.8 Å². The molecule has 0 saturated carbocycles. The van der Waals surface area contributed by atoms with Crippen LogP contribution >= 0.6 is 35.9 Å². The number of amides is 1. The van der Waals surface area contributed by atoms with Crippen LogP contribution < -0.4 is 10.6 Å². The van der Waals surface area contributed by atoms with Crippen molar-refractivity contribution in [1.29, 1.82) is 0 Å². The van der Waals surface area contributed by atoms with Gasteiger partial charge in [-0.3, -0.25) is 4.79 Å². The van der Waals surface area contributed by atoms with Gasteiger partial charge in [0.15, 0.2) is 0 Å². The molecule has 6 heteroatoms. The van der Waals surface area contributed by atoms with Crippen LogP contribution in [0.3, 0.4) is 0 Å². The molecule has 0 aromatic heterocycles. The van der Waals surface area contributed by atoms with Crippen LogP contribution in [0.4, 0.5) is 0 Å². The molecule has 96 valence electrons. The highest BCUT2D eigenvalue weighted by molar-refractivity contribution is 7.99. The average Bonchev–Trinajstić information content (AvgIpc) is 2.27. The lowest BCUT2D eigenvalue weighted by Crippen LogP contribution is -2.42. The van der Waals surface area contributed by atoms with Crippen molar-refractivity contribution in [3.63, 3.8) is 0 Å². The molecule has 1 fully saturated rings. The maximum absolute atomic E-state index is 11.6. The largest absolute Gasteiger partial charge is 0.355 e. The van der Waals surface area contributed by atoms with Crippen molar-refractivity contribution in [3.05, 3.63) is 0 Å².